The van der Waals surface area contributed by atoms with E-state index in [1.165, 1.54) is 6.21 Å². The highest BCUT2D eigenvalue weighted by atomic mass is 16.5. The molecule has 2 aliphatic heterocycles. The number of methoxy groups -OCH3 is 1. The summed E-state index contributed by atoms with van der Waals surface area (Å²) in [5.41, 5.74) is 1.99. The van der Waals surface area contributed by atoms with E-state index in [0.717, 1.165) is 50.1 Å². The molecule has 0 saturated carbocycles. The van der Waals surface area contributed by atoms with Crippen molar-refractivity contribution in [3.63, 3.8) is 0 Å². The fourth-order valence-electron chi connectivity index (χ4n) is 5.46. The van der Waals surface area contributed by atoms with E-state index in [1.54, 1.807) is 25.7 Å². The predicted octanol–water partition coefficient (Wildman–Crippen LogP) is 3.79. The molecule has 2 aromatic heterocycles. The van der Waals surface area contributed by atoms with E-state index in [1.807, 2.05) is 6.07 Å². The summed E-state index contributed by atoms with van der Waals surface area (Å²) in [6.45, 7) is 9.71. The average Bonchev–Trinajstić information content (AvgIpc) is 2.87. The van der Waals surface area contributed by atoms with E-state index >= 15 is 0 Å². The Balaban J connectivity index is 1.51. The predicted molar refractivity (Wildman–Crippen MR) is 146 cm³/mol. The summed E-state index contributed by atoms with van der Waals surface area (Å²) >= 11 is 0. The van der Waals surface area contributed by atoms with Crippen molar-refractivity contribution < 1.29 is 9.47 Å². The minimum atomic E-state index is -0.0315. The normalized spacial score (nSPS) is 21.8. The second kappa shape index (κ2) is 11.1. The molecule has 10 nitrogen and oxygen atoms in total. The molecular weight excluding hydrogens is 468 g/mol. The van der Waals surface area contributed by atoms with Gasteiger partial charge in [0.25, 0.3) is 0 Å². The lowest BCUT2D eigenvalue weighted by molar-refractivity contribution is 0.00348. The molecule has 0 radical (unpaired) electrons. The molecule has 2 aliphatic rings. The number of rotatable bonds is 8. The number of pyridine rings is 1. The first kappa shape index (κ1) is 26.9. The van der Waals surface area contributed by atoms with Crippen LogP contribution in [0.2, 0.25) is 0 Å². The van der Waals surface area contributed by atoms with Crippen molar-refractivity contribution >= 4 is 17.6 Å². The Morgan fingerprint density at radius 2 is 1.92 bits per heavy atom. The van der Waals surface area contributed by atoms with Gasteiger partial charge < -0.3 is 30.4 Å². The highest BCUT2D eigenvalue weighted by Gasteiger charge is 2.39. The Bertz CT molecular complexity index is 1090. The summed E-state index contributed by atoms with van der Waals surface area (Å²) in [5, 5.41) is 23.7. The van der Waals surface area contributed by atoms with Crippen LogP contribution in [0.4, 0.5) is 5.82 Å². The molecular formula is C27H40N8O2. The molecule has 4 rings (SSSR count). The molecule has 0 bridgehead atoms. The molecule has 0 aromatic carbocycles. The molecule has 0 aliphatic carbocycles. The third kappa shape index (κ3) is 6.61. The van der Waals surface area contributed by atoms with Crippen molar-refractivity contribution in [3.8, 4) is 17.3 Å². The first-order chi connectivity index (χ1) is 17.6. The van der Waals surface area contributed by atoms with E-state index in [-0.39, 0.29) is 17.3 Å². The lowest BCUT2D eigenvalue weighted by Crippen LogP contribution is -2.62. The van der Waals surface area contributed by atoms with Crippen LogP contribution < -0.4 is 20.3 Å². The van der Waals surface area contributed by atoms with Gasteiger partial charge in [-0.2, -0.15) is 0 Å². The maximum atomic E-state index is 7.87. The van der Waals surface area contributed by atoms with Crippen LogP contribution in [-0.2, 0) is 4.74 Å². The van der Waals surface area contributed by atoms with Crippen molar-refractivity contribution in [1.82, 2.24) is 30.8 Å². The van der Waals surface area contributed by atoms with Crippen LogP contribution in [-0.4, -0.2) is 70.5 Å². The molecule has 2 saturated heterocycles. The van der Waals surface area contributed by atoms with Gasteiger partial charge in [0.15, 0.2) is 11.5 Å². The van der Waals surface area contributed by atoms with Crippen molar-refractivity contribution in [3.05, 3.63) is 30.2 Å². The van der Waals surface area contributed by atoms with E-state index in [0.29, 0.717) is 28.9 Å². The van der Waals surface area contributed by atoms with Crippen LogP contribution in [0.15, 0.2) is 24.7 Å². The maximum absolute atomic E-state index is 7.87. The van der Waals surface area contributed by atoms with Crippen LogP contribution in [0.25, 0.3) is 17.1 Å². The quantitative estimate of drug-likeness (QED) is 0.457. The standard InChI is InChI=1S/C27H40N8O2/c1-26(2)12-20(13-27(3,4)34-26)35(5)22-17-31-25(33-32-22)24-21(36-6)11-18(15-30-24)19(14-28)16-29-23-9-7-8-10-37-23/h11,14-17,20,23,28-29,34H,7-10,12-13H2,1-6H3/b19-16+,28-14?. The minimum absolute atomic E-state index is 0.0310. The van der Waals surface area contributed by atoms with Gasteiger partial charge in [-0.25, -0.2) is 9.97 Å². The van der Waals surface area contributed by atoms with E-state index < -0.39 is 0 Å². The second-order valence-corrected chi connectivity index (χ2v) is 11.2. The molecule has 3 N–H and O–H groups in total. The third-order valence-electron chi connectivity index (χ3n) is 7.00. The maximum Gasteiger partial charge on any atom is 0.204 e. The molecule has 4 heterocycles. The second-order valence-electron chi connectivity index (χ2n) is 11.2. The zero-order valence-corrected chi connectivity index (χ0v) is 22.8. The summed E-state index contributed by atoms with van der Waals surface area (Å²) in [6.07, 6.45) is 11.7. The number of ether oxygens (including phenoxy) is 2. The number of aromatic nitrogens is 4. The Hall–Kier alpha value is -3.11. The number of nitrogens with zero attached hydrogens (tertiary/aromatic N) is 5. The smallest absolute Gasteiger partial charge is 0.204 e. The average molecular weight is 509 g/mol. The van der Waals surface area contributed by atoms with Crippen LogP contribution in [0.5, 0.6) is 5.75 Å². The molecule has 37 heavy (non-hydrogen) atoms. The largest absolute Gasteiger partial charge is 0.494 e. The van der Waals surface area contributed by atoms with Gasteiger partial charge in [-0.05, 0) is 65.9 Å². The van der Waals surface area contributed by atoms with Crippen molar-refractivity contribution in [1.29, 1.82) is 5.41 Å². The molecule has 1 unspecified atom stereocenters. The number of piperidine rings is 1. The molecule has 2 aromatic rings. The summed E-state index contributed by atoms with van der Waals surface area (Å²) in [4.78, 5) is 11.3. The van der Waals surface area contributed by atoms with Gasteiger partial charge in [-0.15, -0.1) is 10.2 Å². The molecule has 10 heteroatoms. The molecule has 1 atom stereocenters. The first-order valence-electron chi connectivity index (χ1n) is 13.0. The van der Waals surface area contributed by atoms with Crippen molar-refractivity contribution in [2.75, 3.05) is 25.7 Å². The van der Waals surface area contributed by atoms with Gasteiger partial charge in [-0.1, -0.05) is 0 Å². The third-order valence-corrected chi connectivity index (χ3v) is 7.00. The molecule has 200 valence electrons. The fourth-order valence-corrected chi connectivity index (χ4v) is 5.46. The first-order valence-corrected chi connectivity index (χ1v) is 13.0. The Morgan fingerprint density at radius 1 is 1.16 bits per heavy atom. The molecule has 0 amide bonds. The van der Waals surface area contributed by atoms with Crippen molar-refractivity contribution in [2.45, 2.75) is 83.1 Å². The number of anilines is 1. The van der Waals surface area contributed by atoms with Gasteiger partial charge in [0.05, 0.1) is 13.3 Å². The van der Waals surface area contributed by atoms with Gasteiger partial charge in [-0.3, -0.25) is 0 Å². The number of hydrogen-bond donors (Lipinski definition) is 3. The highest BCUT2D eigenvalue weighted by Crippen LogP contribution is 2.33. The number of allylic oxidation sites excluding steroid dienone is 1. The summed E-state index contributed by atoms with van der Waals surface area (Å²) < 4.78 is 11.3. The Kier molecular flexibility index (Phi) is 8.08. The fraction of sp³-hybridized carbons (Fsp3) is 0.593. The van der Waals surface area contributed by atoms with Crippen LogP contribution in [0.3, 0.4) is 0 Å². The lowest BCUT2D eigenvalue weighted by atomic mass is 9.79. The van der Waals surface area contributed by atoms with Gasteiger partial charge in [0.1, 0.15) is 12.0 Å². The topological polar surface area (TPSA) is 121 Å². The zero-order valence-electron chi connectivity index (χ0n) is 22.8. The molecule has 2 fully saturated rings. The molecule has 0 spiro atoms. The van der Waals surface area contributed by atoms with E-state index in [9.17, 15) is 0 Å². The highest BCUT2D eigenvalue weighted by molar-refractivity contribution is 6.08. The summed E-state index contributed by atoms with van der Waals surface area (Å²) in [7, 11) is 3.64. The van der Waals surface area contributed by atoms with Gasteiger partial charge in [0.2, 0.25) is 5.82 Å². The minimum Gasteiger partial charge on any atom is -0.494 e. The van der Waals surface area contributed by atoms with Gasteiger partial charge in [0, 0.05) is 60.5 Å². The summed E-state index contributed by atoms with van der Waals surface area (Å²) in [6, 6.07) is 2.16. The van der Waals surface area contributed by atoms with Crippen LogP contribution >= 0.6 is 0 Å². The number of hydrogen-bond acceptors (Lipinski definition) is 10. The SMILES string of the molecule is COc1cc(/C(C=N)=C/NC2CCCCO2)cnc1-c1ncc(N(C)C2CC(C)(C)NC(C)(C)C2)nn1. The summed E-state index contributed by atoms with van der Waals surface area (Å²) in [5.74, 6) is 1.63. The van der Waals surface area contributed by atoms with Crippen LogP contribution in [0, 0.1) is 5.41 Å². The van der Waals surface area contributed by atoms with Crippen LogP contribution in [0.1, 0.15) is 65.4 Å². The van der Waals surface area contributed by atoms with E-state index in [2.05, 4.69) is 70.4 Å². The monoisotopic (exact) mass is 508 g/mol. The Morgan fingerprint density at radius 3 is 2.51 bits per heavy atom. The van der Waals surface area contributed by atoms with Crippen molar-refractivity contribution in [2.24, 2.45) is 0 Å². The number of nitrogens with one attached hydrogen (secondary N) is 3. The zero-order chi connectivity index (χ0) is 26.6. The van der Waals surface area contributed by atoms with E-state index in [4.69, 9.17) is 14.9 Å². The Labute approximate surface area is 219 Å². The van der Waals surface area contributed by atoms with Gasteiger partial charge >= 0.3 is 0 Å². The lowest BCUT2D eigenvalue weighted by Gasteiger charge is -2.49.